The van der Waals surface area contributed by atoms with Gasteiger partial charge in [-0.05, 0) is 40.5 Å². The highest BCUT2D eigenvalue weighted by Gasteiger charge is 2.15. The summed E-state index contributed by atoms with van der Waals surface area (Å²) in [5.41, 5.74) is 6.84. The number of hydrogen-bond donors (Lipinski definition) is 1. The van der Waals surface area contributed by atoms with Gasteiger partial charge < -0.3 is 10.3 Å². The number of nitrogens with zero attached hydrogens (tertiary/aromatic N) is 2. The molecule has 0 amide bonds. The van der Waals surface area contributed by atoms with E-state index in [0.717, 1.165) is 29.3 Å². The van der Waals surface area contributed by atoms with E-state index in [1.54, 1.807) is 6.07 Å². The van der Waals surface area contributed by atoms with Crippen LogP contribution in [0.5, 0.6) is 0 Å². The lowest BCUT2D eigenvalue weighted by Crippen LogP contribution is -2.10. The molecule has 0 fully saturated rings. The molecule has 2 N–H and O–H groups in total. The molecule has 0 spiro atoms. The number of halogens is 2. The number of unbranched alkanes of at least 4 members (excludes halogenated alkanes) is 1. The van der Waals surface area contributed by atoms with E-state index in [2.05, 4.69) is 33.0 Å². The standard InChI is InChI=1S/C13H15BrClN3O/c1-2-3-4-11(16)13-17-12(18-19-13)8-5-6-10(15)9(14)7-8/h5-7,11H,2-4,16H2,1H3/t11-/m0/s1. The van der Waals surface area contributed by atoms with Gasteiger partial charge in [0, 0.05) is 10.0 Å². The summed E-state index contributed by atoms with van der Waals surface area (Å²) in [5.74, 6) is 1.01. The second-order valence-electron chi connectivity index (χ2n) is 4.33. The average Bonchev–Trinajstić information content (AvgIpc) is 2.89. The number of rotatable bonds is 5. The summed E-state index contributed by atoms with van der Waals surface area (Å²) < 4.78 is 6.01. The first kappa shape index (κ1) is 14.5. The fourth-order valence-electron chi connectivity index (χ4n) is 1.69. The Balaban J connectivity index is 2.18. The first-order chi connectivity index (χ1) is 9.11. The lowest BCUT2D eigenvalue weighted by Gasteiger charge is -2.03. The molecule has 1 atom stereocenters. The monoisotopic (exact) mass is 343 g/mol. The molecule has 2 aromatic rings. The van der Waals surface area contributed by atoms with Crippen LogP contribution >= 0.6 is 27.5 Å². The second-order valence-corrected chi connectivity index (χ2v) is 5.60. The second kappa shape index (κ2) is 6.50. The summed E-state index contributed by atoms with van der Waals surface area (Å²) in [4.78, 5) is 4.34. The topological polar surface area (TPSA) is 64.9 Å². The van der Waals surface area contributed by atoms with E-state index in [1.165, 1.54) is 0 Å². The molecule has 1 heterocycles. The minimum Gasteiger partial charge on any atom is -0.337 e. The van der Waals surface area contributed by atoms with Crippen molar-refractivity contribution in [1.82, 2.24) is 10.1 Å². The van der Waals surface area contributed by atoms with Crippen LogP contribution in [-0.2, 0) is 0 Å². The summed E-state index contributed by atoms with van der Waals surface area (Å²) in [7, 11) is 0. The molecule has 1 aromatic heterocycles. The van der Waals surface area contributed by atoms with Crippen molar-refractivity contribution in [1.29, 1.82) is 0 Å². The Bertz CT molecular complexity index is 559. The Labute approximate surface area is 125 Å². The molecule has 0 bridgehead atoms. The van der Waals surface area contributed by atoms with Crippen LogP contribution in [0, 0.1) is 0 Å². The maximum Gasteiger partial charge on any atom is 0.243 e. The Kier molecular flexibility index (Phi) is 4.96. The van der Waals surface area contributed by atoms with Crippen LogP contribution in [0.3, 0.4) is 0 Å². The smallest absolute Gasteiger partial charge is 0.243 e. The molecule has 0 saturated carbocycles. The molecule has 2 rings (SSSR count). The molecule has 0 aliphatic heterocycles. The highest BCUT2D eigenvalue weighted by atomic mass is 79.9. The molecule has 4 nitrogen and oxygen atoms in total. The SMILES string of the molecule is CCCC[C@H](N)c1nc(-c2ccc(Cl)c(Br)c2)no1. The third-order valence-corrected chi connectivity index (χ3v) is 4.02. The Morgan fingerprint density at radius 1 is 1.47 bits per heavy atom. The molecule has 0 radical (unpaired) electrons. The van der Waals surface area contributed by atoms with Crippen molar-refractivity contribution in [3.05, 3.63) is 33.6 Å². The highest BCUT2D eigenvalue weighted by Crippen LogP contribution is 2.28. The molecule has 6 heteroatoms. The molecule has 0 unspecified atom stereocenters. The van der Waals surface area contributed by atoms with Gasteiger partial charge in [0.1, 0.15) is 0 Å². The summed E-state index contributed by atoms with van der Waals surface area (Å²) in [5, 5.41) is 4.60. The zero-order chi connectivity index (χ0) is 13.8. The summed E-state index contributed by atoms with van der Waals surface area (Å²) in [6.07, 6.45) is 2.99. The maximum atomic E-state index is 6.00. The lowest BCUT2D eigenvalue weighted by molar-refractivity contribution is 0.346. The summed E-state index contributed by atoms with van der Waals surface area (Å²) in [6.45, 7) is 2.12. The van der Waals surface area contributed by atoms with Gasteiger partial charge in [-0.1, -0.05) is 36.5 Å². The largest absolute Gasteiger partial charge is 0.337 e. The van der Waals surface area contributed by atoms with Crippen LogP contribution in [0.2, 0.25) is 5.02 Å². The highest BCUT2D eigenvalue weighted by molar-refractivity contribution is 9.10. The first-order valence-corrected chi connectivity index (χ1v) is 7.33. The average molecular weight is 345 g/mol. The zero-order valence-electron chi connectivity index (χ0n) is 10.6. The van der Waals surface area contributed by atoms with Crippen molar-refractivity contribution < 1.29 is 4.52 Å². The maximum absolute atomic E-state index is 6.00. The van der Waals surface area contributed by atoms with Crippen molar-refractivity contribution >= 4 is 27.5 Å². The van der Waals surface area contributed by atoms with Gasteiger partial charge in [0.25, 0.3) is 0 Å². The fourth-order valence-corrected chi connectivity index (χ4v) is 2.18. The van der Waals surface area contributed by atoms with Gasteiger partial charge in [0.05, 0.1) is 11.1 Å². The zero-order valence-corrected chi connectivity index (χ0v) is 12.9. The number of aromatic nitrogens is 2. The van der Waals surface area contributed by atoms with E-state index in [9.17, 15) is 0 Å². The minimum absolute atomic E-state index is 0.197. The lowest BCUT2D eigenvalue weighted by atomic mass is 10.1. The molecular formula is C13H15BrClN3O. The summed E-state index contributed by atoms with van der Waals surface area (Å²) >= 11 is 9.32. The van der Waals surface area contributed by atoms with Gasteiger partial charge in [-0.2, -0.15) is 4.98 Å². The molecule has 0 saturated heterocycles. The first-order valence-electron chi connectivity index (χ1n) is 6.16. The van der Waals surface area contributed by atoms with Gasteiger partial charge >= 0.3 is 0 Å². The minimum atomic E-state index is -0.197. The molecule has 0 aliphatic carbocycles. The van der Waals surface area contributed by atoms with E-state index in [0.29, 0.717) is 16.7 Å². The fraction of sp³-hybridized carbons (Fsp3) is 0.385. The van der Waals surface area contributed by atoms with Crippen LogP contribution in [0.25, 0.3) is 11.4 Å². The van der Waals surface area contributed by atoms with Crippen molar-refractivity contribution in [2.75, 3.05) is 0 Å². The molecule has 1 aromatic carbocycles. The van der Waals surface area contributed by atoms with Gasteiger partial charge in [-0.25, -0.2) is 0 Å². The third kappa shape index (κ3) is 3.55. The Morgan fingerprint density at radius 2 is 2.26 bits per heavy atom. The van der Waals surface area contributed by atoms with Crippen molar-refractivity contribution in [2.45, 2.75) is 32.2 Å². The van der Waals surface area contributed by atoms with Crippen molar-refractivity contribution in [3.8, 4) is 11.4 Å². The van der Waals surface area contributed by atoms with Gasteiger partial charge in [-0.15, -0.1) is 0 Å². The molecular weight excluding hydrogens is 330 g/mol. The normalized spacial score (nSPS) is 12.6. The van der Waals surface area contributed by atoms with Crippen LogP contribution in [0.15, 0.2) is 27.2 Å². The van der Waals surface area contributed by atoms with Crippen LogP contribution in [0.1, 0.15) is 38.1 Å². The van der Waals surface area contributed by atoms with Gasteiger partial charge in [0.15, 0.2) is 0 Å². The van der Waals surface area contributed by atoms with E-state index in [-0.39, 0.29) is 6.04 Å². The van der Waals surface area contributed by atoms with Crippen molar-refractivity contribution in [2.24, 2.45) is 5.73 Å². The quantitative estimate of drug-likeness (QED) is 0.876. The number of benzene rings is 1. The van der Waals surface area contributed by atoms with Gasteiger partial charge in [-0.3, -0.25) is 0 Å². The van der Waals surface area contributed by atoms with Crippen molar-refractivity contribution in [3.63, 3.8) is 0 Å². The predicted octanol–water partition coefficient (Wildman–Crippen LogP) is 4.34. The Hall–Kier alpha value is -0.910. The van der Waals surface area contributed by atoms with Gasteiger partial charge in [0.2, 0.25) is 11.7 Å². The van der Waals surface area contributed by atoms with Crippen LogP contribution in [0.4, 0.5) is 0 Å². The third-order valence-electron chi connectivity index (χ3n) is 2.81. The van der Waals surface area contributed by atoms with E-state index in [1.807, 2.05) is 12.1 Å². The van der Waals surface area contributed by atoms with Crippen LogP contribution < -0.4 is 5.73 Å². The molecule has 0 aliphatic rings. The number of hydrogen-bond acceptors (Lipinski definition) is 4. The molecule has 102 valence electrons. The van der Waals surface area contributed by atoms with E-state index in [4.69, 9.17) is 21.9 Å². The van der Waals surface area contributed by atoms with E-state index < -0.39 is 0 Å². The van der Waals surface area contributed by atoms with Crippen LogP contribution in [-0.4, -0.2) is 10.1 Å². The predicted molar refractivity (Wildman–Crippen MR) is 78.9 cm³/mol. The van der Waals surface area contributed by atoms with E-state index >= 15 is 0 Å². The molecule has 19 heavy (non-hydrogen) atoms. The number of nitrogens with two attached hydrogens (primary N) is 1. The Morgan fingerprint density at radius 3 is 2.95 bits per heavy atom. The summed E-state index contributed by atoms with van der Waals surface area (Å²) in [6, 6.07) is 5.29.